The van der Waals surface area contributed by atoms with E-state index in [0.717, 1.165) is 55.7 Å². The van der Waals surface area contributed by atoms with E-state index in [4.69, 9.17) is 5.10 Å². The highest BCUT2D eigenvalue weighted by molar-refractivity contribution is 9.10. The monoisotopic (exact) mass is 614 g/mol. The van der Waals surface area contributed by atoms with Gasteiger partial charge in [0.05, 0.1) is 6.20 Å². The number of benzene rings is 3. The maximum absolute atomic E-state index is 14.1. The van der Waals surface area contributed by atoms with Gasteiger partial charge in [-0.15, -0.1) is 0 Å². The van der Waals surface area contributed by atoms with Gasteiger partial charge < -0.3 is 0 Å². The summed E-state index contributed by atoms with van der Waals surface area (Å²) >= 11 is 3.64. The van der Waals surface area contributed by atoms with Crippen LogP contribution in [0.4, 0.5) is 4.39 Å². The van der Waals surface area contributed by atoms with E-state index in [2.05, 4.69) is 136 Å². The fourth-order valence-corrected chi connectivity index (χ4v) is 6.64. The van der Waals surface area contributed by atoms with Crippen molar-refractivity contribution in [3.63, 3.8) is 0 Å². The van der Waals surface area contributed by atoms with Crippen molar-refractivity contribution in [3.05, 3.63) is 161 Å². The predicted octanol–water partition coefficient (Wildman–Crippen LogP) is 9.00. The number of aryl methyl sites for hydroxylation is 1. The molecule has 0 radical (unpaired) electrons. The number of aromatic nitrogens is 4. The van der Waals surface area contributed by atoms with Crippen LogP contribution in [0.15, 0.2) is 138 Å². The molecule has 0 saturated carbocycles. The topological polar surface area (TPSA) is 35.1 Å². The minimum absolute atomic E-state index is 0.0903. The van der Waals surface area contributed by atoms with Gasteiger partial charge in [-0.1, -0.05) is 85.0 Å². The zero-order chi connectivity index (χ0) is 28.7. The number of nitrogens with zero attached hydrogens (tertiary/aromatic N) is 4. The van der Waals surface area contributed by atoms with Gasteiger partial charge >= 0.3 is 0 Å². The molecule has 0 amide bonds. The van der Waals surface area contributed by atoms with E-state index in [-0.39, 0.29) is 11.7 Å². The molecular weight excluding hydrogens is 587 g/mol. The molecule has 6 aromatic rings. The van der Waals surface area contributed by atoms with Gasteiger partial charge in [-0.3, -0.25) is 9.08 Å². The lowest BCUT2D eigenvalue weighted by Gasteiger charge is -2.41. The number of imidazole rings is 1. The number of allylic oxidation sites excluding steroid dienone is 4. The molecule has 7 rings (SSSR count). The summed E-state index contributed by atoms with van der Waals surface area (Å²) in [7, 11) is 0. The second-order valence-electron chi connectivity index (χ2n) is 10.7. The van der Waals surface area contributed by atoms with Gasteiger partial charge in [0, 0.05) is 35.0 Å². The molecule has 0 saturated heterocycles. The van der Waals surface area contributed by atoms with Crippen LogP contribution >= 0.6 is 15.9 Å². The molecule has 42 heavy (non-hydrogen) atoms. The second-order valence-corrected chi connectivity index (χ2v) is 11.5. The number of hydrogen-bond donors (Lipinski definition) is 0. The average Bonchev–Trinajstić information content (AvgIpc) is 3.63. The quantitative estimate of drug-likeness (QED) is 0.188. The minimum atomic E-state index is -0.648. The Kier molecular flexibility index (Phi) is 6.71. The standard InChI is InChI=1S/C36H28BrFN4/c1-25-21-34-39-22-33(37)41(34)23-31(25)32-24-42(40-35(32)26-17-19-30(38)20-18-26)36(27-11-5-2-6-12-27,28-13-7-3-8-14-28)29-15-9-4-10-16-29/h2-15,17-24,29H,16H2,1H3. The van der Waals surface area contributed by atoms with Gasteiger partial charge in [-0.2, -0.15) is 5.10 Å². The van der Waals surface area contributed by atoms with Crippen LogP contribution in [0.3, 0.4) is 0 Å². The van der Waals surface area contributed by atoms with Crippen molar-refractivity contribution in [2.24, 2.45) is 5.92 Å². The molecule has 1 aliphatic rings. The highest BCUT2D eigenvalue weighted by atomic mass is 79.9. The van der Waals surface area contributed by atoms with Crippen LogP contribution < -0.4 is 0 Å². The molecule has 0 aliphatic heterocycles. The number of fused-ring (bicyclic) bond motifs is 1. The average molecular weight is 616 g/mol. The second kappa shape index (κ2) is 10.7. The SMILES string of the molecule is Cc1cc2ncc(Br)n2cc1-c1cn(C(c2ccccc2)(c2ccccc2)C2C=CC=CC2)nc1-c1ccc(F)cc1. The molecule has 0 fully saturated rings. The highest BCUT2D eigenvalue weighted by Crippen LogP contribution is 2.46. The van der Waals surface area contributed by atoms with Crippen LogP contribution in [-0.4, -0.2) is 19.2 Å². The van der Waals surface area contributed by atoms with E-state index >= 15 is 0 Å². The molecule has 3 aromatic carbocycles. The molecule has 0 bridgehead atoms. The smallest absolute Gasteiger partial charge is 0.137 e. The fourth-order valence-electron chi connectivity index (χ4n) is 6.25. The zero-order valence-electron chi connectivity index (χ0n) is 23.0. The first-order chi connectivity index (χ1) is 20.6. The van der Waals surface area contributed by atoms with Crippen LogP contribution in [-0.2, 0) is 5.54 Å². The molecule has 3 heterocycles. The van der Waals surface area contributed by atoms with Crippen LogP contribution in [0.25, 0.3) is 28.0 Å². The van der Waals surface area contributed by atoms with E-state index in [1.807, 2.05) is 22.7 Å². The van der Waals surface area contributed by atoms with Gasteiger partial charge in [-0.25, -0.2) is 9.37 Å². The van der Waals surface area contributed by atoms with Crippen LogP contribution in [0.1, 0.15) is 23.1 Å². The number of halogens is 2. The summed E-state index contributed by atoms with van der Waals surface area (Å²) in [6.07, 6.45) is 15.7. The third-order valence-electron chi connectivity index (χ3n) is 8.24. The molecule has 1 unspecified atom stereocenters. The number of hydrogen-bond acceptors (Lipinski definition) is 2. The Labute approximate surface area is 252 Å². The molecule has 1 atom stereocenters. The fraction of sp³-hybridized carbons (Fsp3) is 0.111. The lowest BCUT2D eigenvalue weighted by molar-refractivity contribution is 0.293. The van der Waals surface area contributed by atoms with Gasteiger partial charge in [0.2, 0.25) is 0 Å². The molecule has 6 heteroatoms. The molecule has 4 nitrogen and oxygen atoms in total. The van der Waals surface area contributed by atoms with Gasteiger partial charge in [-0.05, 0) is 76.3 Å². The van der Waals surface area contributed by atoms with Gasteiger partial charge in [0.15, 0.2) is 0 Å². The lowest BCUT2D eigenvalue weighted by atomic mass is 9.70. The molecular formula is C36H28BrFN4. The van der Waals surface area contributed by atoms with E-state index in [9.17, 15) is 4.39 Å². The van der Waals surface area contributed by atoms with E-state index < -0.39 is 5.54 Å². The van der Waals surface area contributed by atoms with Crippen molar-refractivity contribution in [2.45, 2.75) is 18.9 Å². The van der Waals surface area contributed by atoms with Crippen LogP contribution in [0, 0.1) is 18.7 Å². The Bertz CT molecular complexity index is 1900. The summed E-state index contributed by atoms with van der Waals surface area (Å²) in [6.45, 7) is 2.10. The third kappa shape index (κ3) is 4.34. The summed E-state index contributed by atoms with van der Waals surface area (Å²) in [5, 5.41) is 5.42. The Morgan fingerprint density at radius 3 is 2.19 bits per heavy atom. The zero-order valence-corrected chi connectivity index (χ0v) is 24.6. The summed E-state index contributed by atoms with van der Waals surface area (Å²) in [5.74, 6) is -0.186. The van der Waals surface area contributed by atoms with Crippen molar-refractivity contribution >= 4 is 21.6 Å². The first kappa shape index (κ1) is 26.4. The third-order valence-corrected chi connectivity index (χ3v) is 8.82. The summed E-state index contributed by atoms with van der Waals surface area (Å²) in [6, 6.07) is 29.9. The normalized spacial score (nSPS) is 15.0. The van der Waals surface area contributed by atoms with Crippen LogP contribution in [0.2, 0.25) is 0 Å². The first-order valence-electron chi connectivity index (χ1n) is 14.0. The van der Waals surface area contributed by atoms with Crippen LogP contribution in [0.5, 0.6) is 0 Å². The maximum Gasteiger partial charge on any atom is 0.137 e. The highest BCUT2D eigenvalue weighted by Gasteiger charge is 2.44. The molecule has 3 aromatic heterocycles. The molecule has 1 aliphatic carbocycles. The number of pyridine rings is 1. The molecule has 0 N–H and O–H groups in total. The summed E-state index contributed by atoms with van der Waals surface area (Å²) in [4.78, 5) is 4.53. The van der Waals surface area contributed by atoms with Crippen molar-refractivity contribution in [1.29, 1.82) is 0 Å². The van der Waals surface area contributed by atoms with Crippen molar-refractivity contribution in [3.8, 4) is 22.4 Å². The largest absolute Gasteiger partial charge is 0.294 e. The van der Waals surface area contributed by atoms with E-state index in [0.29, 0.717) is 0 Å². The number of rotatable bonds is 6. The predicted molar refractivity (Wildman–Crippen MR) is 170 cm³/mol. The van der Waals surface area contributed by atoms with E-state index in [1.165, 1.54) is 12.1 Å². The Morgan fingerprint density at radius 2 is 1.55 bits per heavy atom. The molecule has 0 spiro atoms. The lowest BCUT2D eigenvalue weighted by Crippen LogP contribution is -2.43. The van der Waals surface area contributed by atoms with Crippen molar-refractivity contribution in [1.82, 2.24) is 19.2 Å². The Morgan fingerprint density at radius 1 is 0.857 bits per heavy atom. The van der Waals surface area contributed by atoms with Gasteiger partial charge in [0.25, 0.3) is 0 Å². The van der Waals surface area contributed by atoms with Crippen molar-refractivity contribution < 1.29 is 4.39 Å². The Hall–Kier alpha value is -4.55. The molecule has 206 valence electrons. The first-order valence-corrected chi connectivity index (χ1v) is 14.8. The summed E-state index contributed by atoms with van der Waals surface area (Å²) in [5.41, 5.74) is 7.22. The Balaban J connectivity index is 1.57. The van der Waals surface area contributed by atoms with E-state index in [1.54, 1.807) is 0 Å². The van der Waals surface area contributed by atoms with Gasteiger partial charge in [0.1, 0.15) is 27.3 Å². The maximum atomic E-state index is 14.1. The van der Waals surface area contributed by atoms with Crippen molar-refractivity contribution in [2.75, 3.05) is 0 Å². The summed E-state index contributed by atoms with van der Waals surface area (Å²) < 4.78 is 19.1. The minimum Gasteiger partial charge on any atom is -0.294 e.